The number of hydrogen-bond acceptors (Lipinski definition) is 7. The summed E-state index contributed by atoms with van der Waals surface area (Å²) in [5.41, 5.74) is 2.49. The maximum absolute atomic E-state index is 12.3. The number of fused-ring (bicyclic) bond motifs is 1. The van der Waals surface area contributed by atoms with Gasteiger partial charge in [0.25, 0.3) is 5.91 Å². The molecule has 30 heavy (non-hydrogen) atoms. The van der Waals surface area contributed by atoms with E-state index >= 15 is 0 Å². The molecule has 0 radical (unpaired) electrons. The van der Waals surface area contributed by atoms with Gasteiger partial charge >= 0.3 is 5.88 Å². The minimum absolute atomic E-state index is 0.113. The molecule has 3 heterocycles. The average molecular weight is 409 g/mol. The van der Waals surface area contributed by atoms with Gasteiger partial charge in [-0.15, -0.1) is 0 Å². The molecule has 9 nitrogen and oxygen atoms in total. The van der Waals surface area contributed by atoms with Crippen LogP contribution in [0.25, 0.3) is 10.9 Å². The Hall–Kier alpha value is -3.46. The number of carbonyl (C=O) groups is 1. The third-order valence-corrected chi connectivity index (χ3v) is 5.40. The molecule has 0 bridgehead atoms. The van der Waals surface area contributed by atoms with Crippen molar-refractivity contribution in [1.29, 1.82) is 0 Å². The Bertz CT molecular complexity index is 1100. The molecule has 0 unspecified atom stereocenters. The van der Waals surface area contributed by atoms with Gasteiger partial charge in [0.2, 0.25) is 0 Å². The zero-order chi connectivity index (χ0) is 21.3. The van der Waals surface area contributed by atoms with Crippen molar-refractivity contribution in [3.63, 3.8) is 0 Å². The summed E-state index contributed by atoms with van der Waals surface area (Å²) >= 11 is 0. The van der Waals surface area contributed by atoms with E-state index in [0.29, 0.717) is 5.69 Å². The molecular weight excluding hydrogens is 386 g/mol. The number of piperazine rings is 1. The van der Waals surface area contributed by atoms with Crippen LogP contribution in [0.15, 0.2) is 40.8 Å². The fourth-order valence-electron chi connectivity index (χ4n) is 3.65. The monoisotopic (exact) mass is 409 g/mol. The van der Waals surface area contributed by atoms with Crippen LogP contribution in [0.3, 0.4) is 0 Å². The lowest BCUT2D eigenvalue weighted by Gasteiger charge is -2.35. The zero-order valence-electron chi connectivity index (χ0n) is 16.9. The average Bonchev–Trinajstić information content (AvgIpc) is 3.25. The number of aromatic nitrogens is 1. The van der Waals surface area contributed by atoms with Crippen molar-refractivity contribution in [2.24, 2.45) is 0 Å². The number of benzene rings is 1. The molecule has 0 saturated carbocycles. The number of nitro groups is 1. The number of aryl methyl sites for hydroxylation is 1. The smallest absolute Gasteiger partial charge is 0.395 e. The third kappa shape index (κ3) is 3.97. The number of nitrogens with zero attached hydrogens (tertiary/aromatic N) is 4. The molecule has 4 rings (SSSR count). The fourth-order valence-corrected chi connectivity index (χ4v) is 3.65. The molecule has 2 aromatic heterocycles. The number of amides is 1. The van der Waals surface area contributed by atoms with Crippen LogP contribution in [0, 0.1) is 17.0 Å². The van der Waals surface area contributed by atoms with Crippen molar-refractivity contribution >= 4 is 34.2 Å². The highest BCUT2D eigenvalue weighted by atomic mass is 16.6. The van der Waals surface area contributed by atoms with E-state index < -0.39 is 16.7 Å². The molecule has 156 valence electrons. The van der Waals surface area contributed by atoms with Crippen molar-refractivity contribution < 1.29 is 14.1 Å². The molecule has 0 spiro atoms. The van der Waals surface area contributed by atoms with Gasteiger partial charge in [0.15, 0.2) is 5.76 Å². The Balaban J connectivity index is 1.53. The van der Waals surface area contributed by atoms with Gasteiger partial charge < -0.3 is 19.5 Å². The Morgan fingerprint density at radius 1 is 1.20 bits per heavy atom. The topological polar surface area (TPSA) is 105 Å². The largest absolute Gasteiger partial charge is 0.433 e. The first-order valence-corrected chi connectivity index (χ1v) is 9.89. The number of nitrogens with one attached hydrogen (secondary N) is 1. The molecule has 1 N–H and O–H groups in total. The molecule has 9 heteroatoms. The van der Waals surface area contributed by atoms with E-state index in [1.54, 1.807) is 6.07 Å². The van der Waals surface area contributed by atoms with Crippen molar-refractivity contribution in [3.05, 3.63) is 57.8 Å². The van der Waals surface area contributed by atoms with Gasteiger partial charge in [0.05, 0.1) is 11.6 Å². The Labute approximate surface area is 173 Å². The van der Waals surface area contributed by atoms with Crippen molar-refractivity contribution in [2.75, 3.05) is 42.9 Å². The van der Waals surface area contributed by atoms with Gasteiger partial charge in [-0.05, 0) is 49.4 Å². The third-order valence-electron chi connectivity index (χ3n) is 5.40. The number of anilines is 2. The summed E-state index contributed by atoms with van der Waals surface area (Å²) in [4.78, 5) is 31.9. The molecule has 0 aliphatic carbocycles. The summed E-state index contributed by atoms with van der Waals surface area (Å²) in [5.74, 6) is -0.155. The Kier molecular flexibility index (Phi) is 5.37. The van der Waals surface area contributed by atoms with Crippen molar-refractivity contribution in [1.82, 2.24) is 9.88 Å². The van der Waals surface area contributed by atoms with E-state index in [0.717, 1.165) is 61.1 Å². The second-order valence-corrected chi connectivity index (χ2v) is 7.30. The maximum Gasteiger partial charge on any atom is 0.433 e. The van der Waals surface area contributed by atoms with Crippen LogP contribution in [0.5, 0.6) is 0 Å². The molecule has 1 aliphatic rings. The lowest BCUT2D eigenvalue weighted by Crippen LogP contribution is -2.46. The highest BCUT2D eigenvalue weighted by molar-refractivity contribution is 6.03. The SMILES string of the molecule is CCN1CCN(c2cc(C)c3cc(NC(=O)c4ccc([N+](=O)[O-])o4)ccc3n2)CC1. The van der Waals surface area contributed by atoms with Crippen LogP contribution >= 0.6 is 0 Å². The van der Waals surface area contributed by atoms with Gasteiger partial charge in [-0.3, -0.25) is 14.9 Å². The van der Waals surface area contributed by atoms with Crippen molar-refractivity contribution in [2.45, 2.75) is 13.8 Å². The predicted octanol–water partition coefficient (Wildman–Crippen LogP) is 3.44. The lowest BCUT2D eigenvalue weighted by atomic mass is 10.1. The number of hydrogen-bond donors (Lipinski definition) is 1. The van der Waals surface area contributed by atoms with E-state index in [4.69, 9.17) is 9.40 Å². The molecule has 1 aromatic carbocycles. The highest BCUT2D eigenvalue weighted by Gasteiger charge is 2.19. The molecule has 1 amide bonds. The zero-order valence-corrected chi connectivity index (χ0v) is 16.9. The van der Waals surface area contributed by atoms with Gasteiger partial charge in [0, 0.05) is 37.3 Å². The van der Waals surface area contributed by atoms with E-state index in [-0.39, 0.29) is 5.76 Å². The molecule has 0 atom stereocenters. The van der Waals surface area contributed by atoms with Crippen LogP contribution in [-0.2, 0) is 0 Å². The minimum Gasteiger partial charge on any atom is -0.395 e. The Morgan fingerprint density at radius 2 is 1.97 bits per heavy atom. The molecule has 1 fully saturated rings. The highest BCUT2D eigenvalue weighted by Crippen LogP contribution is 2.26. The molecule has 1 aliphatic heterocycles. The first-order chi connectivity index (χ1) is 14.4. The number of furan rings is 1. The lowest BCUT2D eigenvalue weighted by molar-refractivity contribution is -0.402. The number of pyridine rings is 1. The Morgan fingerprint density at radius 3 is 2.63 bits per heavy atom. The van der Waals surface area contributed by atoms with E-state index in [2.05, 4.69) is 28.1 Å². The minimum atomic E-state index is -0.679. The van der Waals surface area contributed by atoms with Gasteiger partial charge in [-0.2, -0.15) is 0 Å². The summed E-state index contributed by atoms with van der Waals surface area (Å²) in [6, 6.07) is 10.0. The van der Waals surface area contributed by atoms with E-state index in [1.807, 2.05) is 19.1 Å². The number of rotatable bonds is 5. The summed E-state index contributed by atoms with van der Waals surface area (Å²) in [5, 5.41) is 14.4. The molecular formula is C21H23N5O4. The first kappa shape index (κ1) is 19.8. The normalized spacial score (nSPS) is 14.8. The fraction of sp³-hybridized carbons (Fsp3) is 0.333. The van der Waals surface area contributed by atoms with Crippen LogP contribution in [0.4, 0.5) is 17.4 Å². The van der Waals surface area contributed by atoms with Crippen LogP contribution in [0.1, 0.15) is 23.0 Å². The standard InChI is InChI=1S/C21H23N5O4/c1-3-24-8-10-25(11-9-24)19-12-14(2)16-13-15(4-5-17(16)23-19)22-21(27)18-6-7-20(30-18)26(28)29/h4-7,12-13H,3,8-11H2,1-2H3,(H,22,27). The molecule has 3 aromatic rings. The van der Waals surface area contributed by atoms with Crippen molar-refractivity contribution in [3.8, 4) is 0 Å². The second-order valence-electron chi connectivity index (χ2n) is 7.30. The van der Waals surface area contributed by atoms with E-state index in [9.17, 15) is 14.9 Å². The summed E-state index contributed by atoms with van der Waals surface area (Å²) < 4.78 is 4.96. The van der Waals surface area contributed by atoms with Crippen LogP contribution in [-0.4, -0.2) is 53.4 Å². The number of likely N-dealkylation sites (N-methyl/N-ethyl adjacent to an activating group) is 1. The van der Waals surface area contributed by atoms with Crippen LogP contribution in [0.2, 0.25) is 0 Å². The van der Waals surface area contributed by atoms with E-state index in [1.165, 1.54) is 6.07 Å². The van der Waals surface area contributed by atoms with Gasteiger partial charge in [0.1, 0.15) is 10.7 Å². The quantitative estimate of drug-likeness (QED) is 0.508. The predicted molar refractivity (Wildman–Crippen MR) is 114 cm³/mol. The van der Waals surface area contributed by atoms with Crippen LogP contribution < -0.4 is 10.2 Å². The number of carbonyl (C=O) groups excluding carboxylic acids is 1. The molecule has 1 saturated heterocycles. The second kappa shape index (κ2) is 8.11. The summed E-state index contributed by atoms with van der Waals surface area (Å²) in [7, 11) is 0. The summed E-state index contributed by atoms with van der Waals surface area (Å²) in [6.07, 6.45) is 0. The first-order valence-electron chi connectivity index (χ1n) is 9.89. The maximum atomic E-state index is 12.3. The van der Waals surface area contributed by atoms with Gasteiger partial charge in [-0.25, -0.2) is 4.98 Å². The summed E-state index contributed by atoms with van der Waals surface area (Å²) in [6.45, 7) is 9.24. The van der Waals surface area contributed by atoms with Gasteiger partial charge in [-0.1, -0.05) is 6.92 Å².